The molecule has 0 spiro atoms. The van der Waals surface area contributed by atoms with Crippen molar-refractivity contribution in [1.82, 2.24) is 35.1 Å². The van der Waals surface area contributed by atoms with E-state index in [0.29, 0.717) is 12.4 Å². The van der Waals surface area contributed by atoms with Gasteiger partial charge in [0.15, 0.2) is 0 Å². The molecule has 15 heteroatoms. The molecule has 2 atom stereocenters. The molecule has 1 aromatic carbocycles. The van der Waals surface area contributed by atoms with E-state index >= 15 is 0 Å². The van der Waals surface area contributed by atoms with Crippen LogP contribution in [0.4, 0.5) is 32.3 Å². The minimum absolute atomic E-state index is 0.00509. The standard InChI is InChI=1S/C21H20F6N8O/c1-11-6-20(23,24)10-35(16(11)9-30-19-28-7-12(8-29-19)21(25,26)27)18(36)15-5-13(22)3-4-14(15)17-31-33-34(2)32-17/h3-5,7-8,11,16H,6,9-10H2,1-2H3,(H,28,29,30)/t11-,16?/m1/s1. The third-order valence-corrected chi connectivity index (χ3v) is 5.75. The third kappa shape index (κ3) is 5.39. The predicted octanol–water partition coefficient (Wildman–Crippen LogP) is 3.42. The van der Waals surface area contributed by atoms with Gasteiger partial charge in [-0.1, -0.05) is 6.92 Å². The van der Waals surface area contributed by atoms with Gasteiger partial charge in [0.1, 0.15) is 5.82 Å². The van der Waals surface area contributed by atoms with Crippen molar-refractivity contribution in [3.63, 3.8) is 0 Å². The van der Waals surface area contributed by atoms with Crippen LogP contribution in [0, 0.1) is 11.7 Å². The second kappa shape index (κ2) is 9.35. The fourth-order valence-corrected chi connectivity index (χ4v) is 4.08. The Bertz CT molecular complexity index is 1250. The molecule has 0 saturated carbocycles. The molecule has 1 N–H and O–H groups in total. The van der Waals surface area contributed by atoms with E-state index in [0.717, 1.165) is 21.8 Å². The maximum Gasteiger partial charge on any atom is 0.419 e. The number of carbonyl (C=O) groups excluding carboxylic acids is 1. The lowest BCUT2D eigenvalue weighted by Gasteiger charge is -2.43. The molecule has 1 saturated heterocycles. The molecule has 9 nitrogen and oxygen atoms in total. The zero-order chi connectivity index (χ0) is 26.3. The van der Waals surface area contributed by atoms with Gasteiger partial charge in [-0.05, 0) is 29.3 Å². The minimum Gasteiger partial charge on any atom is -0.352 e. The number of alkyl halides is 5. The number of hydrogen-bond donors (Lipinski definition) is 1. The SMILES string of the molecule is C[C@@H]1CC(F)(F)CN(C(=O)c2cc(F)ccc2-c2nnn(C)n2)C1CNc1ncc(C(F)(F)F)cn1. The quantitative estimate of drug-likeness (QED) is 0.521. The van der Waals surface area contributed by atoms with E-state index in [-0.39, 0.29) is 29.4 Å². The number of tetrazole rings is 1. The number of piperidine rings is 1. The summed E-state index contributed by atoms with van der Waals surface area (Å²) in [5.41, 5.74) is -1.18. The number of rotatable bonds is 5. The molecule has 1 amide bonds. The van der Waals surface area contributed by atoms with Crippen molar-refractivity contribution >= 4 is 11.9 Å². The van der Waals surface area contributed by atoms with Gasteiger partial charge in [0, 0.05) is 30.9 Å². The number of carbonyl (C=O) groups is 1. The molecule has 1 aliphatic heterocycles. The molecule has 2 aromatic heterocycles. The maximum absolute atomic E-state index is 14.5. The number of aryl methyl sites for hydroxylation is 1. The number of anilines is 1. The summed E-state index contributed by atoms with van der Waals surface area (Å²) in [5, 5.41) is 14.2. The number of likely N-dealkylation sites (tertiary alicyclic amines) is 1. The molecule has 0 radical (unpaired) electrons. The van der Waals surface area contributed by atoms with Crippen LogP contribution in [0.25, 0.3) is 11.4 Å². The highest BCUT2D eigenvalue weighted by molar-refractivity contribution is 6.00. The fourth-order valence-electron chi connectivity index (χ4n) is 4.08. The van der Waals surface area contributed by atoms with Crippen LogP contribution in [0.15, 0.2) is 30.6 Å². The highest BCUT2D eigenvalue weighted by atomic mass is 19.4. The summed E-state index contributed by atoms with van der Waals surface area (Å²) in [5.74, 6) is -5.76. The lowest BCUT2D eigenvalue weighted by molar-refractivity contribution is -0.138. The minimum atomic E-state index is -4.62. The van der Waals surface area contributed by atoms with Gasteiger partial charge in [-0.2, -0.15) is 18.0 Å². The average molecular weight is 514 g/mol. The number of nitrogens with one attached hydrogen (secondary N) is 1. The van der Waals surface area contributed by atoms with E-state index in [9.17, 15) is 31.1 Å². The van der Waals surface area contributed by atoms with Crippen LogP contribution < -0.4 is 5.32 Å². The molecule has 0 bridgehead atoms. The van der Waals surface area contributed by atoms with Crippen molar-refractivity contribution in [3.8, 4) is 11.4 Å². The normalized spacial score (nSPS) is 19.8. The number of halogens is 6. The van der Waals surface area contributed by atoms with E-state index in [1.807, 2.05) is 0 Å². The second-order valence-electron chi connectivity index (χ2n) is 8.50. The molecule has 0 aliphatic carbocycles. The topological polar surface area (TPSA) is 102 Å². The summed E-state index contributed by atoms with van der Waals surface area (Å²) in [4.78, 5) is 22.8. The van der Waals surface area contributed by atoms with Crippen molar-refractivity contribution in [2.45, 2.75) is 31.5 Å². The first-order valence-electron chi connectivity index (χ1n) is 10.7. The summed E-state index contributed by atoms with van der Waals surface area (Å²) < 4.78 is 81.4. The fraction of sp³-hybridized carbons (Fsp3) is 0.429. The van der Waals surface area contributed by atoms with Crippen LogP contribution in [0.5, 0.6) is 0 Å². The predicted molar refractivity (Wildman–Crippen MR) is 113 cm³/mol. The highest BCUT2D eigenvalue weighted by Gasteiger charge is 2.46. The van der Waals surface area contributed by atoms with Crippen LogP contribution in [0.2, 0.25) is 0 Å². The van der Waals surface area contributed by atoms with Crippen molar-refractivity contribution in [2.75, 3.05) is 18.4 Å². The Morgan fingerprint density at radius 3 is 2.53 bits per heavy atom. The van der Waals surface area contributed by atoms with Crippen LogP contribution in [0.1, 0.15) is 29.3 Å². The summed E-state index contributed by atoms with van der Waals surface area (Å²) in [6, 6.07) is 2.41. The monoisotopic (exact) mass is 514 g/mol. The van der Waals surface area contributed by atoms with E-state index in [4.69, 9.17) is 0 Å². The van der Waals surface area contributed by atoms with Gasteiger partial charge in [0.05, 0.1) is 30.8 Å². The number of hydrogen-bond acceptors (Lipinski definition) is 7. The molecule has 36 heavy (non-hydrogen) atoms. The second-order valence-corrected chi connectivity index (χ2v) is 8.50. The van der Waals surface area contributed by atoms with Gasteiger partial charge in [0.25, 0.3) is 11.8 Å². The van der Waals surface area contributed by atoms with Crippen molar-refractivity contribution in [1.29, 1.82) is 0 Å². The first kappa shape index (κ1) is 25.3. The van der Waals surface area contributed by atoms with Crippen molar-refractivity contribution in [3.05, 3.63) is 47.5 Å². The highest BCUT2D eigenvalue weighted by Crippen LogP contribution is 2.36. The first-order chi connectivity index (χ1) is 16.8. The smallest absolute Gasteiger partial charge is 0.352 e. The lowest BCUT2D eigenvalue weighted by Crippen LogP contribution is -2.57. The van der Waals surface area contributed by atoms with Gasteiger partial charge in [-0.3, -0.25) is 4.79 Å². The molecule has 4 rings (SSSR count). The summed E-state index contributed by atoms with van der Waals surface area (Å²) in [6.45, 7) is 0.437. The van der Waals surface area contributed by atoms with E-state index in [1.54, 1.807) is 0 Å². The maximum atomic E-state index is 14.5. The molecule has 1 unspecified atom stereocenters. The molecule has 3 heterocycles. The largest absolute Gasteiger partial charge is 0.419 e. The van der Waals surface area contributed by atoms with Crippen LogP contribution in [-0.2, 0) is 13.2 Å². The summed E-state index contributed by atoms with van der Waals surface area (Å²) in [7, 11) is 1.49. The summed E-state index contributed by atoms with van der Waals surface area (Å²) in [6.07, 6.45) is -3.97. The molecule has 1 aliphatic rings. The van der Waals surface area contributed by atoms with Gasteiger partial charge in [-0.25, -0.2) is 23.1 Å². The van der Waals surface area contributed by atoms with E-state index in [1.165, 1.54) is 20.0 Å². The van der Waals surface area contributed by atoms with E-state index in [2.05, 4.69) is 30.7 Å². The first-order valence-corrected chi connectivity index (χ1v) is 10.7. The Balaban J connectivity index is 1.63. The zero-order valence-corrected chi connectivity index (χ0v) is 19.0. The Morgan fingerprint density at radius 1 is 1.22 bits per heavy atom. The molecular weight excluding hydrogens is 494 g/mol. The van der Waals surface area contributed by atoms with Crippen molar-refractivity contribution in [2.24, 2.45) is 13.0 Å². The number of nitrogens with zero attached hydrogens (tertiary/aromatic N) is 7. The van der Waals surface area contributed by atoms with Gasteiger partial charge >= 0.3 is 6.18 Å². The Labute approximate surface area is 200 Å². The Kier molecular flexibility index (Phi) is 6.58. The number of amides is 1. The van der Waals surface area contributed by atoms with Gasteiger partial charge in [0.2, 0.25) is 11.8 Å². The Morgan fingerprint density at radius 2 is 1.92 bits per heavy atom. The zero-order valence-electron chi connectivity index (χ0n) is 19.0. The number of benzene rings is 1. The molecule has 3 aromatic rings. The van der Waals surface area contributed by atoms with Crippen LogP contribution in [0.3, 0.4) is 0 Å². The number of aromatic nitrogens is 6. The summed E-state index contributed by atoms with van der Waals surface area (Å²) >= 11 is 0. The third-order valence-electron chi connectivity index (χ3n) is 5.75. The van der Waals surface area contributed by atoms with Crippen LogP contribution >= 0.6 is 0 Å². The lowest BCUT2D eigenvalue weighted by atomic mass is 9.87. The Hall–Kier alpha value is -3.78. The molecule has 1 fully saturated rings. The van der Waals surface area contributed by atoms with Crippen molar-refractivity contribution < 1.29 is 31.1 Å². The van der Waals surface area contributed by atoms with Gasteiger partial charge in [-0.15, -0.1) is 10.2 Å². The molecular formula is C21H20F6N8O. The van der Waals surface area contributed by atoms with Gasteiger partial charge < -0.3 is 10.2 Å². The average Bonchev–Trinajstić information content (AvgIpc) is 3.22. The van der Waals surface area contributed by atoms with E-state index < -0.39 is 54.3 Å². The van der Waals surface area contributed by atoms with Crippen LogP contribution in [-0.4, -0.2) is 66.0 Å². The molecule has 192 valence electrons.